The van der Waals surface area contributed by atoms with Crippen molar-refractivity contribution in [3.63, 3.8) is 0 Å². The van der Waals surface area contributed by atoms with Crippen molar-refractivity contribution in [1.82, 2.24) is 10.2 Å². The second-order valence-electron chi connectivity index (χ2n) is 4.86. The first-order valence-electron chi connectivity index (χ1n) is 6.10. The summed E-state index contributed by atoms with van der Waals surface area (Å²) in [5.41, 5.74) is 0. The van der Waals surface area contributed by atoms with Crippen LogP contribution in [0.15, 0.2) is 0 Å². The third kappa shape index (κ3) is 2.41. The van der Waals surface area contributed by atoms with Crippen molar-refractivity contribution in [2.24, 2.45) is 5.92 Å². The molecule has 2 fully saturated rings. The number of anilines is 1. The predicted octanol–water partition coefficient (Wildman–Crippen LogP) is 2.90. The van der Waals surface area contributed by atoms with E-state index in [9.17, 15) is 8.78 Å². The van der Waals surface area contributed by atoms with E-state index in [1.807, 2.05) is 0 Å². The summed E-state index contributed by atoms with van der Waals surface area (Å²) < 4.78 is 25.0. The highest BCUT2D eigenvalue weighted by Gasteiger charge is 2.30. The van der Waals surface area contributed by atoms with Gasteiger partial charge in [-0.05, 0) is 25.7 Å². The van der Waals surface area contributed by atoms with Crippen molar-refractivity contribution in [2.75, 3.05) is 18.0 Å². The first-order valence-corrected chi connectivity index (χ1v) is 6.92. The van der Waals surface area contributed by atoms with Crippen LogP contribution >= 0.6 is 11.3 Å². The first-order chi connectivity index (χ1) is 8.24. The molecule has 0 unspecified atom stereocenters. The second kappa shape index (κ2) is 4.48. The molecule has 2 aliphatic rings. The molecular weight excluding hydrogens is 244 g/mol. The van der Waals surface area contributed by atoms with Crippen LogP contribution in [0.3, 0.4) is 0 Å². The maximum atomic E-state index is 12.5. The fraction of sp³-hybridized carbons (Fsp3) is 0.818. The first kappa shape index (κ1) is 11.3. The van der Waals surface area contributed by atoms with Crippen LogP contribution in [0.2, 0.25) is 0 Å². The molecule has 3 nitrogen and oxygen atoms in total. The molecule has 2 heterocycles. The lowest BCUT2D eigenvalue weighted by molar-refractivity contribution is 0.0636. The molecule has 1 saturated carbocycles. The summed E-state index contributed by atoms with van der Waals surface area (Å²) in [5, 5.41) is 10.4. The minimum Gasteiger partial charge on any atom is -0.347 e. The molecular formula is C11H15F2N3S. The van der Waals surface area contributed by atoms with Crippen molar-refractivity contribution < 1.29 is 8.78 Å². The van der Waals surface area contributed by atoms with Crippen LogP contribution in [0.4, 0.5) is 13.9 Å². The van der Waals surface area contributed by atoms with Gasteiger partial charge in [0.05, 0.1) is 0 Å². The topological polar surface area (TPSA) is 29.0 Å². The SMILES string of the molecule is FC(F)C1CCN(c2nnc(C3CC3)s2)CC1. The van der Waals surface area contributed by atoms with Gasteiger partial charge in [-0.3, -0.25) is 0 Å². The number of halogens is 2. The van der Waals surface area contributed by atoms with E-state index < -0.39 is 12.3 Å². The van der Waals surface area contributed by atoms with E-state index in [1.54, 1.807) is 11.3 Å². The van der Waals surface area contributed by atoms with Gasteiger partial charge in [0, 0.05) is 24.9 Å². The Morgan fingerprint density at radius 2 is 1.82 bits per heavy atom. The number of aromatic nitrogens is 2. The summed E-state index contributed by atoms with van der Waals surface area (Å²) in [7, 11) is 0. The van der Waals surface area contributed by atoms with Crippen LogP contribution < -0.4 is 4.90 Å². The molecule has 0 amide bonds. The van der Waals surface area contributed by atoms with Gasteiger partial charge in [-0.2, -0.15) is 0 Å². The van der Waals surface area contributed by atoms with Gasteiger partial charge in [0.2, 0.25) is 11.6 Å². The number of hydrogen-bond donors (Lipinski definition) is 0. The summed E-state index contributed by atoms with van der Waals surface area (Å²) >= 11 is 1.64. The number of rotatable bonds is 3. The Labute approximate surface area is 103 Å². The molecule has 6 heteroatoms. The van der Waals surface area contributed by atoms with Crippen molar-refractivity contribution >= 4 is 16.5 Å². The van der Waals surface area contributed by atoms with Crippen molar-refractivity contribution in [3.8, 4) is 0 Å². The van der Waals surface area contributed by atoms with Crippen LogP contribution in [-0.4, -0.2) is 29.7 Å². The van der Waals surface area contributed by atoms with E-state index in [-0.39, 0.29) is 0 Å². The van der Waals surface area contributed by atoms with Gasteiger partial charge in [0.1, 0.15) is 5.01 Å². The molecule has 1 aliphatic carbocycles. The fourth-order valence-electron chi connectivity index (χ4n) is 2.19. The van der Waals surface area contributed by atoms with Gasteiger partial charge in [-0.15, -0.1) is 10.2 Å². The molecule has 1 aromatic rings. The Morgan fingerprint density at radius 3 is 2.41 bits per heavy atom. The smallest absolute Gasteiger partial charge is 0.241 e. The highest BCUT2D eigenvalue weighted by atomic mass is 32.1. The second-order valence-corrected chi connectivity index (χ2v) is 5.84. The van der Waals surface area contributed by atoms with E-state index in [2.05, 4.69) is 15.1 Å². The fourth-order valence-corrected chi connectivity index (χ4v) is 3.26. The predicted molar refractivity (Wildman–Crippen MR) is 62.8 cm³/mol. The molecule has 1 aromatic heterocycles. The Kier molecular flexibility index (Phi) is 2.98. The van der Waals surface area contributed by atoms with E-state index in [4.69, 9.17) is 0 Å². The maximum absolute atomic E-state index is 12.5. The summed E-state index contributed by atoms with van der Waals surface area (Å²) in [6.45, 7) is 1.38. The Morgan fingerprint density at radius 1 is 1.12 bits per heavy atom. The number of alkyl halides is 2. The zero-order valence-electron chi connectivity index (χ0n) is 9.48. The molecule has 1 aliphatic heterocycles. The van der Waals surface area contributed by atoms with Gasteiger partial charge in [0.15, 0.2) is 0 Å². The lowest BCUT2D eigenvalue weighted by atomic mass is 9.98. The van der Waals surface area contributed by atoms with Crippen molar-refractivity contribution in [2.45, 2.75) is 38.0 Å². The van der Waals surface area contributed by atoms with Crippen molar-refractivity contribution in [3.05, 3.63) is 5.01 Å². The monoisotopic (exact) mass is 259 g/mol. The summed E-state index contributed by atoms with van der Waals surface area (Å²) in [5.74, 6) is 0.196. The van der Waals surface area contributed by atoms with Crippen LogP contribution in [0.5, 0.6) is 0 Å². The normalized spacial score (nSPS) is 22.4. The number of piperidine rings is 1. The van der Waals surface area contributed by atoms with Crippen LogP contribution in [0.25, 0.3) is 0 Å². The quantitative estimate of drug-likeness (QED) is 0.835. The minimum absolute atomic E-state index is 0.429. The average Bonchev–Trinajstić information content (AvgIpc) is 3.07. The summed E-state index contributed by atoms with van der Waals surface area (Å²) in [6.07, 6.45) is 1.41. The molecule has 17 heavy (non-hydrogen) atoms. The summed E-state index contributed by atoms with van der Waals surface area (Å²) in [4.78, 5) is 2.10. The van der Waals surface area contributed by atoms with Crippen molar-refractivity contribution in [1.29, 1.82) is 0 Å². The minimum atomic E-state index is -2.17. The van der Waals surface area contributed by atoms with Crippen LogP contribution in [-0.2, 0) is 0 Å². The Balaban J connectivity index is 1.61. The number of nitrogens with zero attached hydrogens (tertiary/aromatic N) is 3. The molecule has 0 N–H and O–H groups in total. The van der Waals surface area contributed by atoms with E-state index in [0.717, 1.165) is 10.1 Å². The lowest BCUT2D eigenvalue weighted by Gasteiger charge is -2.30. The third-order valence-electron chi connectivity index (χ3n) is 3.52. The molecule has 3 rings (SSSR count). The molecule has 0 bridgehead atoms. The zero-order valence-corrected chi connectivity index (χ0v) is 10.3. The van der Waals surface area contributed by atoms with Crippen LogP contribution in [0, 0.1) is 5.92 Å². The third-order valence-corrected chi connectivity index (χ3v) is 4.67. The van der Waals surface area contributed by atoms with Crippen LogP contribution in [0.1, 0.15) is 36.6 Å². The highest BCUT2D eigenvalue weighted by molar-refractivity contribution is 7.15. The Bertz CT molecular complexity index is 384. The lowest BCUT2D eigenvalue weighted by Crippen LogP contribution is -2.35. The average molecular weight is 259 g/mol. The largest absolute Gasteiger partial charge is 0.347 e. The maximum Gasteiger partial charge on any atom is 0.241 e. The van der Waals surface area contributed by atoms with Gasteiger partial charge < -0.3 is 4.90 Å². The van der Waals surface area contributed by atoms with E-state index in [0.29, 0.717) is 31.8 Å². The molecule has 1 saturated heterocycles. The number of hydrogen-bond acceptors (Lipinski definition) is 4. The molecule has 0 atom stereocenters. The molecule has 0 aromatic carbocycles. The van der Waals surface area contributed by atoms with E-state index >= 15 is 0 Å². The van der Waals surface area contributed by atoms with Gasteiger partial charge >= 0.3 is 0 Å². The molecule has 94 valence electrons. The molecule has 0 radical (unpaired) electrons. The summed E-state index contributed by atoms with van der Waals surface area (Å²) in [6, 6.07) is 0. The Hall–Kier alpha value is -0.780. The van der Waals surface area contributed by atoms with E-state index in [1.165, 1.54) is 12.8 Å². The van der Waals surface area contributed by atoms with Gasteiger partial charge in [-0.25, -0.2) is 8.78 Å². The standard InChI is InChI=1S/C11H15F2N3S/c12-9(13)7-3-5-16(6-4-7)11-15-14-10(17-11)8-1-2-8/h7-9H,1-6H2. The van der Waals surface area contributed by atoms with Gasteiger partial charge in [-0.1, -0.05) is 11.3 Å². The van der Waals surface area contributed by atoms with Gasteiger partial charge in [0.25, 0.3) is 0 Å². The highest BCUT2D eigenvalue weighted by Crippen LogP contribution is 2.43. The molecule has 0 spiro atoms. The zero-order chi connectivity index (χ0) is 11.8.